The van der Waals surface area contributed by atoms with Crippen molar-refractivity contribution in [2.45, 2.75) is 45.5 Å². The molecule has 1 aromatic rings. The van der Waals surface area contributed by atoms with Gasteiger partial charge in [0.2, 0.25) is 0 Å². The summed E-state index contributed by atoms with van der Waals surface area (Å²) in [4.78, 5) is 22.9. The summed E-state index contributed by atoms with van der Waals surface area (Å²) in [7, 11) is 3.95. The highest BCUT2D eigenvalue weighted by molar-refractivity contribution is 14.0. The number of amides is 1. The maximum Gasteiger partial charge on any atom is 0.410 e. The van der Waals surface area contributed by atoms with E-state index in [1.165, 1.54) is 11.1 Å². The van der Waals surface area contributed by atoms with Crippen molar-refractivity contribution in [1.82, 2.24) is 25.3 Å². The minimum absolute atomic E-state index is 0. The van der Waals surface area contributed by atoms with Gasteiger partial charge in [-0.1, -0.05) is 24.3 Å². The van der Waals surface area contributed by atoms with E-state index in [0.29, 0.717) is 19.6 Å². The average Bonchev–Trinajstić information content (AvgIpc) is 2.68. The molecule has 32 heavy (non-hydrogen) atoms. The normalized spacial score (nSPS) is 18.5. The van der Waals surface area contributed by atoms with Crippen molar-refractivity contribution in [3.05, 3.63) is 35.4 Å². The van der Waals surface area contributed by atoms with Gasteiger partial charge in [0, 0.05) is 59.4 Å². The smallest absolute Gasteiger partial charge is 0.410 e. The van der Waals surface area contributed by atoms with E-state index in [1.54, 1.807) is 11.9 Å². The average molecular weight is 559 g/mol. The van der Waals surface area contributed by atoms with Gasteiger partial charge in [0.15, 0.2) is 5.96 Å². The highest BCUT2D eigenvalue weighted by Gasteiger charge is 2.34. The van der Waals surface area contributed by atoms with Gasteiger partial charge < -0.3 is 25.2 Å². The second-order valence-corrected chi connectivity index (χ2v) is 9.55. The first kappa shape index (κ1) is 26.7. The van der Waals surface area contributed by atoms with E-state index in [4.69, 9.17) is 4.74 Å². The fourth-order valence-electron chi connectivity index (χ4n) is 3.65. The van der Waals surface area contributed by atoms with Crippen LogP contribution >= 0.6 is 24.0 Å². The molecule has 0 aromatic heterocycles. The summed E-state index contributed by atoms with van der Waals surface area (Å²) < 4.78 is 5.40. The number of carbonyl (C=O) groups excluding carboxylic acids is 1. The van der Waals surface area contributed by atoms with E-state index in [0.717, 1.165) is 38.7 Å². The lowest BCUT2D eigenvalue weighted by molar-refractivity contribution is 0.00701. The van der Waals surface area contributed by atoms with Gasteiger partial charge in [-0.3, -0.25) is 9.89 Å². The largest absolute Gasteiger partial charge is 0.444 e. The maximum atomic E-state index is 12.0. The molecule has 2 aliphatic heterocycles. The van der Waals surface area contributed by atoms with E-state index < -0.39 is 5.60 Å². The summed E-state index contributed by atoms with van der Waals surface area (Å²) in [6.45, 7) is 13.2. The van der Waals surface area contributed by atoms with Crippen molar-refractivity contribution in [3.63, 3.8) is 0 Å². The number of hydrogen-bond donors (Lipinski definition) is 2. The number of piperazine rings is 1. The van der Waals surface area contributed by atoms with Crippen LogP contribution < -0.4 is 10.6 Å². The second kappa shape index (κ2) is 12.0. The minimum Gasteiger partial charge on any atom is -0.444 e. The maximum absolute atomic E-state index is 12.0. The highest BCUT2D eigenvalue weighted by Crippen LogP contribution is 2.15. The lowest BCUT2D eigenvalue weighted by Crippen LogP contribution is -2.63. The van der Waals surface area contributed by atoms with Gasteiger partial charge >= 0.3 is 6.09 Å². The number of carbonyl (C=O) groups is 1. The number of likely N-dealkylation sites (tertiary alicyclic amines) is 1. The zero-order valence-corrected chi connectivity index (χ0v) is 22.4. The third-order valence-electron chi connectivity index (χ3n) is 5.58. The Balaban J connectivity index is 0.00000363. The Morgan fingerprint density at radius 1 is 1.09 bits per heavy atom. The van der Waals surface area contributed by atoms with Gasteiger partial charge in [-0.25, -0.2) is 4.79 Å². The number of halogens is 1. The van der Waals surface area contributed by atoms with E-state index >= 15 is 0 Å². The van der Waals surface area contributed by atoms with Crippen LogP contribution in [0.25, 0.3) is 0 Å². The predicted molar refractivity (Wildman–Crippen MR) is 140 cm³/mol. The van der Waals surface area contributed by atoms with Gasteiger partial charge in [0.1, 0.15) is 5.60 Å². The van der Waals surface area contributed by atoms with Crippen LogP contribution in [0.2, 0.25) is 0 Å². The lowest BCUT2D eigenvalue weighted by Gasteiger charge is -2.40. The van der Waals surface area contributed by atoms with Crippen molar-refractivity contribution in [2.24, 2.45) is 4.99 Å². The summed E-state index contributed by atoms with van der Waals surface area (Å²) >= 11 is 0. The standard InChI is InChI=1S/C23H38N6O2.HI/c1-23(2,3)31-22(30)29-16-20(17-29)26-21(24-4)25-14-18-6-8-19(9-7-18)15-28-12-10-27(5)11-13-28;/h6-9,20H,10-17H2,1-5H3,(H2,24,25,26);1H. The van der Waals surface area contributed by atoms with Gasteiger partial charge in [0.05, 0.1) is 6.04 Å². The molecule has 2 N–H and O–H groups in total. The quantitative estimate of drug-likeness (QED) is 0.329. The Morgan fingerprint density at radius 3 is 2.25 bits per heavy atom. The summed E-state index contributed by atoms with van der Waals surface area (Å²) in [6, 6.07) is 8.98. The third-order valence-corrected chi connectivity index (χ3v) is 5.58. The minimum atomic E-state index is -0.465. The van der Waals surface area contributed by atoms with Crippen LogP contribution in [-0.2, 0) is 17.8 Å². The zero-order chi connectivity index (χ0) is 22.4. The molecule has 1 aromatic carbocycles. The molecular weight excluding hydrogens is 519 g/mol. The number of nitrogens with zero attached hydrogens (tertiary/aromatic N) is 4. The Morgan fingerprint density at radius 2 is 1.69 bits per heavy atom. The van der Waals surface area contributed by atoms with Crippen molar-refractivity contribution >= 4 is 36.0 Å². The monoisotopic (exact) mass is 558 g/mol. The molecule has 2 fully saturated rings. The Hall–Kier alpha value is -1.59. The van der Waals surface area contributed by atoms with E-state index in [-0.39, 0.29) is 36.1 Å². The number of guanidine groups is 1. The Bertz CT molecular complexity index is 751. The number of benzene rings is 1. The number of nitrogens with one attached hydrogen (secondary N) is 2. The van der Waals surface area contributed by atoms with Crippen LogP contribution in [0, 0.1) is 0 Å². The number of hydrogen-bond acceptors (Lipinski definition) is 5. The number of ether oxygens (including phenoxy) is 1. The van der Waals surface area contributed by atoms with Gasteiger partial charge in [-0.15, -0.1) is 24.0 Å². The number of aliphatic imine (C=N–C) groups is 1. The summed E-state index contributed by atoms with van der Waals surface area (Å²) in [5.41, 5.74) is 2.11. The molecule has 2 aliphatic rings. The van der Waals surface area contributed by atoms with E-state index in [9.17, 15) is 4.79 Å². The van der Waals surface area contributed by atoms with Crippen LogP contribution in [0.1, 0.15) is 31.9 Å². The van der Waals surface area contributed by atoms with Gasteiger partial charge in [-0.2, -0.15) is 0 Å². The molecule has 2 heterocycles. The van der Waals surface area contributed by atoms with Crippen LogP contribution in [0.4, 0.5) is 4.79 Å². The topological polar surface area (TPSA) is 72.4 Å². The van der Waals surface area contributed by atoms with Crippen molar-refractivity contribution in [1.29, 1.82) is 0 Å². The molecule has 0 bridgehead atoms. The summed E-state index contributed by atoms with van der Waals surface area (Å²) in [6.07, 6.45) is -0.259. The number of rotatable bonds is 5. The molecule has 0 atom stereocenters. The fourth-order valence-corrected chi connectivity index (χ4v) is 3.65. The number of likely N-dealkylation sites (N-methyl/N-ethyl adjacent to an activating group) is 1. The highest BCUT2D eigenvalue weighted by atomic mass is 127. The molecule has 9 heteroatoms. The fraction of sp³-hybridized carbons (Fsp3) is 0.652. The van der Waals surface area contributed by atoms with Crippen molar-refractivity contribution in [2.75, 3.05) is 53.4 Å². The molecule has 3 rings (SSSR count). The van der Waals surface area contributed by atoms with Crippen LogP contribution in [0.5, 0.6) is 0 Å². The summed E-state index contributed by atoms with van der Waals surface area (Å²) in [5, 5.41) is 6.73. The van der Waals surface area contributed by atoms with Crippen LogP contribution in [0.3, 0.4) is 0 Å². The first-order valence-corrected chi connectivity index (χ1v) is 11.2. The zero-order valence-electron chi connectivity index (χ0n) is 20.1. The molecule has 0 aliphatic carbocycles. The summed E-state index contributed by atoms with van der Waals surface area (Å²) in [5.74, 6) is 0.746. The molecule has 1 amide bonds. The second-order valence-electron chi connectivity index (χ2n) is 9.55. The molecule has 0 radical (unpaired) electrons. The van der Waals surface area contributed by atoms with Gasteiger partial charge in [0.25, 0.3) is 0 Å². The first-order valence-electron chi connectivity index (χ1n) is 11.2. The molecule has 180 valence electrons. The third kappa shape index (κ3) is 8.40. The van der Waals surface area contributed by atoms with Crippen molar-refractivity contribution < 1.29 is 9.53 Å². The van der Waals surface area contributed by atoms with Crippen molar-refractivity contribution in [3.8, 4) is 0 Å². The molecule has 0 spiro atoms. The van der Waals surface area contributed by atoms with Crippen LogP contribution in [0.15, 0.2) is 29.3 Å². The lowest BCUT2D eigenvalue weighted by atomic mass is 10.1. The van der Waals surface area contributed by atoms with E-state index in [1.807, 2.05) is 20.8 Å². The molecule has 8 nitrogen and oxygen atoms in total. The Labute approximate surface area is 209 Å². The Kier molecular flexibility index (Phi) is 10.0. The molecule has 2 saturated heterocycles. The van der Waals surface area contributed by atoms with E-state index in [2.05, 4.69) is 56.7 Å². The predicted octanol–water partition coefficient (Wildman–Crippen LogP) is 2.34. The molecular formula is C23H39IN6O2. The molecule has 0 unspecified atom stereocenters. The van der Waals surface area contributed by atoms with Gasteiger partial charge in [-0.05, 0) is 38.9 Å². The van der Waals surface area contributed by atoms with Crippen LogP contribution in [-0.4, -0.2) is 91.8 Å². The SMILES string of the molecule is CN=C(NCc1ccc(CN2CCN(C)CC2)cc1)NC1CN(C(=O)OC(C)(C)C)C1.I. The molecule has 0 saturated carbocycles. The first-order chi connectivity index (χ1) is 14.7.